The van der Waals surface area contributed by atoms with Crippen LogP contribution in [0, 0.1) is 5.92 Å². The van der Waals surface area contributed by atoms with Gasteiger partial charge in [-0.1, -0.05) is 37.8 Å². The molecule has 1 saturated carbocycles. The summed E-state index contributed by atoms with van der Waals surface area (Å²) in [6.07, 6.45) is 5.97. The molecule has 18 heavy (non-hydrogen) atoms. The highest BCUT2D eigenvalue weighted by Crippen LogP contribution is 2.32. The predicted molar refractivity (Wildman–Crippen MR) is 66.6 cm³/mol. The van der Waals surface area contributed by atoms with Crippen molar-refractivity contribution in [2.75, 3.05) is 0 Å². The summed E-state index contributed by atoms with van der Waals surface area (Å²) < 4.78 is 28.6. The molecule has 1 fully saturated rings. The monoisotopic (exact) mass is 255 g/mol. The number of hydrogen-bond donors (Lipinski definition) is 1. The standard InChI is InChI=1S/C14H19F2NO/c15-14(16)18-12-7-3-6-11(9-12)13(17)8-10-4-1-2-5-10/h3,6-7,9-10,13-14H,1-2,4-5,8,17H2. The Bertz CT molecular complexity index is 378. The Kier molecular flexibility index (Phi) is 4.53. The van der Waals surface area contributed by atoms with Crippen LogP contribution in [0.5, 0.6) is 5.75 Å². The molecule has 0 amide bonds. The molecule has 2 rings (SSSR count). The molecule has 0 spiro atoms. The van der Waals surface area contributed by atoms with Crippen LogP contribution in [0.2, 0.25) is 0 Å². The molecule has 0 bridgehead atoms. The van der Waals surface area contributed by atoms with Gasteiger partial charge in [-0.3, -0.25) is 0 Å². The van der Waals surface area contributed by atoms with E-state index >= 15 is 0 Å². The van der Waals surface area contributed by atoms with Gasteiger partial charge in [-0.2, -0.15) is 8.78 Å². The molecule has 1 atom stereocenters. The Labute approximate surface area is 106 Å². The highest BCUT2D eigenvalue weighted by atomic mass is 19.3. The van der Waals surface area contributed by atoms with Crippen molar-refractivity contribution in [3.05, 3.63) is 29.8 Å². The number of alkyl halides is 2. The van der Waals surface area contributed by atoms with Gasteiger partial charge < -0.3 is 10.5 Å². The fraction of sp³-hybridized carbons (Fsp3) is 0.571. The zero-order valence-electron chi connectivity index (χ0n) is 10.3. The molecule has 1 aliphatic rings. The fourth-order valence-corrected chi connectivity index (χ4v) is 2.66. The van der Waals surface area contributed by atoms with E-state index in [1.807, 2.05) is 6.07 Å². The molecule has 0 radical (unpaired) electrons. The maximum atomic E-state index is 12.1. The van der Waals surface area contributed by atoms with Crippen LogP contribution in [0.1, 0.15) is 43.7 Å². The van der Waals surface area contributed by atoms with E-state index in [1.165, 1.54) is 31.7 Å². The van der Waals surface area contributed by atoms with Crippen molar-refractivity contribution in [2.24, 2.45) is 11.7 Å². The average molecular weight is 255 g/mol. The van der Waals surface area contributed by atoms with E-state index in [4.69, 9.17) is 5.73 Å². The molecule has 2 N–H and O–H groups in total. The average Bonchev–Trinajstić information content (AvgIpc) is 2.81. The molecular weight excluding hydrogens is 236 g/mol. The smallest absolute Gasteiger partial charge is 0.387 e. The first-order valence-corrected chi connectivity index (χ1v) is 6.45. The lowest BCUT2D eigenvalue weighted by atomic mass is 9.94. The first kappa shape index (κ1) is 13.3. The maximum Gasteiger partial charge on any atom is 0.387 e. The minimum absolute atomic E-state index is 0.0886. The van der Waals surface area contributed by atoms with Crippen LogP contribution >= 0.6 is 0 Å². The Hall–Kier alpha value is -1.16. The minimum Gasteiger partial charge on any atom is -0.435 e. The number of benzene rings is 1. The lowest BCUT2D eigenvalue weighted by Crippen LogP contribution is -2.14. The fourth-order valence-electron chi connectivity index (χ4n) is 2.66. The van der Waals surface area contributed by atoms with E-state index in [0.29, 0.717) is 5.92 Å². The topological polar surface area (TPSA) is 35.2 Å². The van der Waals surface area contributed by atoms with Crippen LogP contribution in [0.25, 0.3) is 0 Å². The van der Waals surface area contributed by atoms with Crippen LogP contribution in [-0.2, 0) is 0 Å². The summed E-state index contributed by atoms with van der Waals surface area (Å²) in [4.78, 5) is 0. The van der Waals surface area contributed by atoms with Crippen molar-refractivity contribution >= 4 is 0 Å². The van der Waals surface area contributed by atoms with Crippen molar-refractivity contribution in [1.29, 1.82) is 0 Å². The van der Waals surface area contributed by atoms with E-state index in [9.17, 15) is 8.78 Å². The molecule has 1 aromatic carbocycles. The van der Waals surface area contributed by atoms with Crippen LogP contribution < -0.4 is 10.5 Å². The molecule has 0 aliphatic heterocycles. The lowest BCUT2D eigenvalue weighted by molar-refractivity contribution is -0.0499. The van der Waals surface area contributed by atoms with Gasteiger partial charge in [0.2, 0.25) is 0 Å². The van der Waals surface area contributed by atoms with E-state index in [2.05, 4.69) is 4.74 Å². The predicted octanol–water partition coefficient (Wildman–Crippen LogP) is 3.87. The molecule has 0 heterocycles. The summed E-state index contributed by atoms with van der Waals surface area (Å²) in [7, 11) is 0. The molecule has 4 heteroatoms. The van der Waals surface area contributed by atoms with Gasteiger partial charge in [0.05, 0.1) is 0 Å². The normalized spacial score (nSPS) is 18.2. The first-order chi connectivity index (χ1) is 8.65. The number of ether oxygens (including phenoxy) is 1. The van der Waals surface area contributed by atoms with Gasteiger partial charge in [0.1, 0.15) is 5.75 Å². The van der Waals surface area contributed by atoms with Crippen LogP contribution in [0.3, 0.4) is 0 Å². The third kappa shape index (κ3) is 3.67. The Morgan fingerprint density at radius 1 is 1.28 bits per heavy atom. The Balaban J connectivity index is 1.98. The van der Waals surface area contributed by atoms with Crippen molar-refractivity contribution < 1.29 is 13.5 Å². The quantitative estimate of drug-likeness (QED) is 0.866. The summed E-state index contributed by atoms with van der Waals surface area (Å²) in [5.74, 6) is 0.865. The van der Waals surface area contributed by atoms with Crippen molar-refractivity contribution in [1.82, 2.24) is 0 Å². The second kappa shape index (κ2) is 6.14. The summed E-state index contributed by atoms with van der Waals surface area (Å²) in [5.41, 5.74) is 7.01. The SMILES string of the molecule is NC(CC1CCCC1)c1cccc(OC(F)F)c1. The lowest BCUT2D eigenvalue weighted by Gasteiger charge is -2.17. The zero-order valence-corrected chi connectivity index (χ0v) is 10.3. The number of nitrogens with two attached hydrogens (primary N) is 1. The third-order valence-electron chi connectivity index (χ3n) is 3.57. The van der Waals surface area contributed by atoms with Gasteiger partial charge in [-0.25, -0.2) is 0 Å². The third-order valence-corrected chi connectivity index (χ3v) is 3.57. The number of halogens is 2. The second-order valence-corrected chi connectivity index (χ2v) is 4.94. The molecule has 1 unspecified atom stereocenters. The summed E-state index contributed by atoms with van der Waals surface area (Å²) in [5, 5.41) is 0. The van der Waals surface area contributed by atoms with E-state index in [0.717, 1.165) is 12.0 Å². The van der Waals surface area contributed by atoms with Crippen molar-refractivity contribution in [3.8, 4) is 5.75 Å². The zero-order chi connectivity index (χ0) is 13.0. The molecule has 1 aliphatic carbocycles. The van der Waals surface area contributed by atoms with E-state index in [1.54, 1.807) is 12.1 Å². The van der Waals surface area contributed by atoms with E-state index in [-0.39, 0.29) is 11.8 Å². The summed E-state index contributed by atoms with van der Waals surface area (Å²) >= 11 is 0. The van der Waals surface area contributed by atoms with Gasteiger partial charge in [0.15, 0.2) is 0 Å². The van der Waals surface area contributed by atoms with Crippen LogP contribution in [-0.4, -0.2) is 6.61 Å². The Morgan fingerprint density at radius 3 is 2.67 bits per heavy atom. The minimum atomic E-state index is -2.79. The highest BCUT2D eigenvalue weighted by molar-refractivity contribution is 5.30. The largest absolute Gasteiger partial charge is 0.435 e. The van der Waals surface area contributed by atoms with Crippen molar-refractivity contribution in [3.63, 3.8) is 0 Å². The van der Waals surface area contributed by atoms with Gasteiger partial charge in [0, 0.05) is 6.04 Å². The summed E-state index contributed by atoms with van der Waals surface area (Å²) in [6.45, 7) is -2.79. The van der Waals surface area contributed by atoms with Crippen LogP contribution in [0.15, 0.2) is 24.3 Å². The second-order valence-electron chi connectivity index (χ2n) is 4.94. The molecule has 0 saturated heterocycles. The number of rotatable bonds is 5. The molecule has 100 valence electrons. The van der Waals surface area contributed by atoms with E-state index < -0.39 is 6.61 Å². The molecular formula is C14H19F2NO. The van der Waals surface area contributed by atoms with Gasteiger partial charge in [-0.05, 0) is 30.0 Å². The Morgan fingerprint density at radius 2 is 2.00 bits per heavy atom. The first-order valence-electron chi connectivity index (χ1n) is 6.45. The molecule has 0 aromatic heterocycles. The van der Waals surface area contributed by atoms with Crippen LogP contribution in [0.4, 0.5) is 8.78 Å². The summed E-state index contributed by atoms with van der Waals surface area (Å²) in [6, 6.07) is 6.64. The number of hydrogen-bond acceptors (Lipinski definition) is 2. The van der Waals surface area contributed by atoms with Crippen molar-refractivity contribution in [2.45, 2.75) is 44.8 Å². The molecule has 1 aromatic rings. The van der Waals surface area contributed by atoms with Gasteiger partial charge >= 0.3 is 6.61 Å². The van der Waals surface area contributed by atoms with Gasteiger partial charge in [0.25, 0.3) is 0 Å². The maximum absolute atomic E-state index is 12.1. The highest BCUT2D eigenvalue weighted by Gasteiger charge is 2.19. The molecule has 2 nitrogen and oxygen atoms in total. The van der Waals surface area contributed by atoms with Gasteiger partial charge in [-0.15, -0.1) is 0 Å².